The van der Waals surface area contributed by atoms with Crippen LogP contribution in [0.3, 0.4) is 0 Å². The van der Waals surface area contributed by atoms with Crippen molar-refractivity contribution in [3.05, 3.63) is 42.5 Å². The summed E-state index contributed by atoms with van der Waals surface area (Å²) in [6.07, 6.45) is 5.43. The summed E-state index contributed by atoms with van der Waals surface area (Å²) in [5.74, 6) is -0.263. The molecule has 188 valence electrons. The molecule has 0 bridgehead atoms. The molecule has 1 heterocycles. The first-order valence-corrected chi connectivity index (χ1v) is 11.4. The molecule has 1 aromatic carbocycles. The second-order valence-corrected chi connectivity index (χ2v) is 7.82. The summed E-state index contributed by atoms with van der Waals surface area (Å²) < 4.78 is 11.2. The van der Waals surface area contributed by atoms with Crippen LogP contribution >= 0.6 is 0 Å². The van der Waals surface area contributed by atoms with Gasteiger partial charge in [0.1, 0.15) is 17.7 Å². The Bertz CT molecular complexity index is 860. The maximum Gasteiger partial charge on any atom is 0.262 e. The highest BCUT2D eigenvalue weighted by Gasteiger charge is 2.25. The topological polar surface area (TPSA) is 132 Å². The molecular formula is C24H36N4O6. The third kappa shape index (κ3) is 8.45. The lowest BCUT2D eigenvalue weighted by molar-refractivity contribution is -0.131. The number of ether oxygens (including phenoxy) is 2. The van der Waals surface area contributed by atoms with E-state index in [2.05, 4.69) is 22.5 Å². The Morgan fingerprint density at radius 1 is 1.44 bits per heavy atom. The average Bonchev–Trinajstić information content (AvgIpc) is 2.82. The summed E-state index contributed by atoms with van der Waals surface area (Å²) in [6.45, 7) is 7.70. The number of amides is 2. The number of carbonyl (C=O) groups excluding carboxylic acids is 2. The number of aromatic hydroxyl groups is 1. The van der Waals surface area contributed by atoms with E-state index in [0.29, 0.717) is 31.7 Å². The molecule has 0 saturated heterocycles. The van der Waals surface area contributed by atoms with Crippen LogP contribution in [-0.2, 0) is 14.3 Å². The van der Waals surface area contributed by atoms with E-state index in [0.717, 1.165) is 6.54 Å². The van der Waals surface area contributed by atoms with Gasteiger partial charge in [-0.25, -0.2) is 0 Å². The van der Waals surface area contributed by atoms with E-state index in [-0.39, 0.29) is 54.8 Å². The highest BCUT2D eigenvalue weighted by Crippen LogP contribution is 2.41. The Morgan fingerprint density at radius 2 is 2.24 bits per heavy atom. The predicted octanol–water partition coefficient (Wildman–Crippen LogP) is 1.28. The van der Waals surface area contributed by atoms with Crippen molar-refractivity contribution >= 4 is 17.5 Å². The number of fused-ring (bicyclic) bond motifs is 1. The number of hydrogen-bond donors (Lipinski definition) is 5. The minimum Gasteiger partial charge on any atom is -0.506 e. The summed E-state index contributed by atoms with van der Waals surface area (Å²) in [6, 6.07) is 2.96. The number of anilines is 1. The molecule has 0 aromatic heterocycles. The van der Waals surface area contributed by atoms with Gasteiger partial charge in [0.25, 0.3) is 5.91 Å². The summed E-state index contributed by atoms with van der Waals surface area (Å²) in [5.41, 5.74) is 0.619. The van der Waals surface area contributed by atoms with Crippen LogP contribution < -0.4 is 20.7 Å². The van der Waals surface area contributed by atoms with Crippen molar-refractivity contribution in [2.24, 2.45) is 0 Å². The van der Waals surface area contributed by atoms with E-state index in [1.165, 1.54) is 6.07 Å². The molecule has 0 fully saturated rings. The summed E-state index contributed by atoms with van der Waals surface area (Å²) in [4.78, 5) is 25.5. The van der Waals surface area contributed by atoms with Gasteiger partial charge in [0, 0.05) is 38.7 Å². The molecule has 1 aliphatic rings. The van der Waals surface area contributed by atoms with Gasteiger partial charge in [0.2, 0.25) is 5.91 Å². The molecule has 10 heteroatoms. The van der Waals surface area contributed by atoms with Crippen molar-refractivity contribution in [2.45, 2.75) is 32.1 Å². The average molecular weight is 477 g/mol. The van der Waals surface area contributed by atoms with Crippen LogP contribution in [0.4, 0.5) is 5.69 Å². The molecule has 2 amide bonds. The first-order valence-electron chi connectivity index (χ1n) is 11.4. The van der Waals surface area contributed by atoms with E-state index < -0.39 is 6.10 Å². The Labute approximate surface area is 200 Å². The van der Waals surface area contributed by atoms with Gasteiger partial charge in [-0.05, 0) is 18.7 Å². The zero-order chi connectivity index (χ0) is 24.9. The largest absolute Gasteiger partial charge is 0.506 e. The van der Waals surface area contributed by atoms with Crippen molar-refractivity contribution < 1.29 is 29.3 Å². The minimum absolute atomic E-state index is 0.0315. The lowest BCUT2D eigenvalue weighted by atomic mass is 10.1. The lowest BCUT2D eigenvalue weighted by Crippen LogP contribution is -2.36. The number of likely N-dealkylation sites (N-methyl/N-ethyl adjacent to an activating group) is 1. The Morgan fingerprint density at radius 3 is 2.97 bits per heavy atom. The fourth-order valence-corrected chi connectivity index (χ4v) is 3.38. The molecule has 34 heavy (non-hydrogen) atoms. The molecule has 1 aliphatic heterocycles. The van der Waals surface area contributed by atoms with Crippen molar-refractivity contribution in [3.8, 4) is 11.5 Å². The van der Waals surface area contributed by atoms with Crippen molar-refractivity contribution in [3.63, 3.8) is 0 Å². The highest BCUT2D eigenvalue weighted by atomic mass is 16.5. The van der Waals surface area contributed by atoms with E-state index in [1.54, 1.807) is 24.1 Å². The summed E-state index contributed by atoms with van der Waals surface area (Å²) >= 11 is 0. The predicted molar refractivity (Wildman–Crippen MR) is 130 cm³/mol. The second kappa shape index (κ2) is 14.4. The number of nitrogens with one attached hydrogen (secondary N) is 3. The quantitative estimate of drug-likeness (QED) is 0.111. The van der Waals surface area contributed by atoms with Crippen LogP contribution in [0.15, 0.2) is 36.9 Å². The van der Waals surface area contributed by atoms with Gasteiger partial charge in [0.15, 0.2) is 12.4 Å². The van der Waals surface area contributed by atoms with Crippen molar-refractivity contribution in [1.29, 1.82) is 0 Å². The van der Waals surface area contributed by atoms with Crippen LogP contribution in [-0.4, -0.2) is 79.6 Å². The number of benzene rings is 1. The molecule has 0 radical (unpaired) electrons. The maximum atomic E-state index is 12.4. The molecule has 2 rings (SSSR count). The third-order valence-electron chi connectivity index (χ3n) is 5.21. The van der Waals surface area contributed by atoms with E-state index >= 15 is 0 Å². The van der Waals surface area contributed by atoms with Gasteiger partial charge in [-0.2, -0.15) is 0 Å². The zero-order valence-corrected chi connectivity index (χ0v) is 19.9. The van der Waals surface area contributed by atoms with Gasteiger partial charge in [-0.3, -0.25) is 14.9 Å². The van der Waals surface area contributed by atoms with Gasteiger partial charge in [-0.15, -0.1) is 0 Å². The van der Waals surface area contributed by atoms with E-state index in [9.17, 15) is 19.8 Å². The number of allylic oxidation sites excluding steroid dienone is 2. The number of aliphatic hydroxyl groups excluding tert-OH is 1. The normalized spacial score (nSPS) is 14.7. The summed E-state index contributed by atoms with van der Waals surface area (Å²) in [7, 11) is 1.72. The Hall–Kier alpha value is -2.92. The maximum absolute atomic E-state index is 12.4. The van der Waals surface area contributed by atoms with Crippen LogP contribution in [0.1, 0.15) is 31.4 Å². The molecule has 1 unspecified atom stereocenters. The number of hydrogen-bond acceptors (Lipinski definition) is 8. The fourth-order valence-electron chi connectivity index (χ4n) is 3.38. The van der Waals surface area contributed by atoms with Crippen molar-refractivity contribution in [1.82, 2.24) is 15.5 Å². The number of phenolic OH excluding ortho intramolecular Hbond substituents is 1. The number of nitrogens with zero attached hydrogens (tertiary/aromatic N) is 1. The number of aliphatic hydroxyl groups is 1. The molecule has 1 aromatic rings. The molecule has 5 N–H and O–H groups in total. The van der Waals surface area contributed by atoms with Crippen LogP contribution in [0.2, 0.25) is 0 Å². The summed E-state index contributed by atoms with van der Waals surface area (Å²) in [5, 5.41) is 29.4. The van der Waals surface area contributed by atoms with Crippen LogP contribution in [0.25, 0.3) is 0 Å². The first kappa shape index (κ1) is 27.3. The molecule has 0 spiro atoms. The Balaban J connectivity index is 1.72. The Kier molecular flexibility index (Phi) is 11.5. The van der Waals surface area contributed by atoms with Crippen LogP contribution in [0, 0.1) is 0 Å². The second-order valence-electron chi connectivity index (χ2n) is 7.82. The monoisotopic (exact) mass is 476 g/mol. The van der Waals surface area contributed by atoms with Gasteiger partial charge < -0.3 is 35.2 Å². The number of phenols is 1. The smallest absolute Gasteiger partial charge is 0.262 e. The van der Waals surface area contributed by atoms with Gasteiger partial charge in [0.05, 0.1) is 19.1 Å². The lowest BCUT2D eigenvalue weighted by Gasteiger charge is -2.24. The molecule has 0 saturated carbocycles. The third-order valence-corrected chi connectivity index (χ3v) is 5.21. The van der Waals surface area contributed by atoms with E-state index in [1.807, 2.05) is 19.1 Å². The zero-order valence-electron chi connectivity index (χ0n) is 19.9. The SMILES string of the molecule is C=C/C=C\CC(NCC)OCCC(=O)N(C)CCNC[C@H](O)c1ccc(O)c2c1OCC(=O)N2. The van der Waals surface area contributed by atoms with E-state index in [4.69, 9.17) is 9.47 Å². The van der Waals surface area contributed by atoms with Gasteiger partial charge >= 0.3 is 0 Å². The molecule has 0 aliphatic carbocycles. The van der Waals surface area contributed by atoms with Crippen molar-refractivity contribution in [2.75, 3.05) is 51.8 Å². The number of rotatable bonds is 15. The fraction of sp³-hybridized carbons (Fsp3) is 0.500. The molecular weight excluding hydrogens is 440 g/mol. The first-order chi connectivity index (χ1) is 16.4. The highest BCUT2D eigenvalue weighted by molar-refractivity contribution is 5.97. The van der Waals surface area contributed by atoms with Crippen LogP contribution in [0.5, 0.6) is 11.5 Å². The standard InChI is InChI=1S/C24H36N4O6/c1-4-6-7-8-21(26-5-2)33-14-11-22(32)28(3)13-12-25-15-19(30)17-9-10-18(29)23-24(17)34-16-20(31)27-23/h4,6-7,9-10,19,21,25-26,29-30H,1,5,8,11-16H2,2-3H3,(H,27,31)/b7-6-/t19-,21?/m0/s1. The number of carbonyl (C=O) groups is 2. The molecule has 10 nitrogen and oxygen atoms in total. The minimum atomic E-state index is -0.920. The van der Waals surface area contributed by atoms with Gasteiger partial charge in [-0.1, -0.05) is 31.7 Å². The molecule has 2 atom stereocenters.